The quantitative estimate of drug-likeness (QED) is 0.290. The Morgan fingerprint density at radius 2 is 1.59 bits per heavy atom. The highest BCUT2D eigenvalue weighted by molar-refractivity contribution is 7.92. The average molecular weight is 519 g/mol. The van der Waals surface area contributed by atoms with Crippen LogP contribution in [-0.4, -0.2) is 19.3 Å². The fourth-order valence-electron chi connectivity index (χ4n) is 5.21. The maximum atomic E-state index is 13.6. The monoisotopic (exact) mass is 518 g/mol. The molecular formula is C32H38O4S. The minimum absolute atomic E-state index is 0.348. The molecule has 4 rings (SSSR count). The van der Waals surface area contributed by atoms with Crippen LogP contribution in [-0.2, 0) is 22.9 Å². The van der Waals surface area contributed by atoms with Crippen LogP contribution >= 0.6 is 0 Å². The van der Waals surface area contributed by atoms with Crippen LogP contribution in [0.1, 0.15) is 61.4 Å². The molecule has 1 unspecified atom stereocenters. The van der Waals surface area contributed by atoms with Crippen LogP contribution < -0.4 is 9.47 Å². The molecule has 0 N–H and O–H groups in total. The number of allylic oxidation sites excluding steroid dienone is 1. The van der Waals surface area contributed by atoms with Crippen LogP contribution in [0.2, 0.25) is 0 Å². The molecule has 2 atom stereocenters. The van der Waals surface area contributed by atoms with Gasteiger partial charge in [-0.3, -0.25) is 0 Å². The molecule has 1 aliphatic heterocycles. The largest absolute Gasteiger partial charge is 0.488 e. The second-order valence-electron chi connectivity index (χ2n) is 10.7. The standard InChI is InChI=1S/C32H38O4S/c1-22(2)19-28(37(33,34)27-15-11-8-12-16-27)20-32(6)18-17-29-25(5)30(23(3)24(4)31(29)36-32)35-21-26-13-9-7-10-14-26/h7-16,19,28H,17-18,20-21H2,1-6H3/t28?,32-/m0/s1. The van der Waals surface area contributed by atoms with Gasteiger partial charge in [0.1, 0.15) is 23.7 Å². The fraction of sp³-hybridized carbons (Fsp3) is 0.375. The van der Waals surface area contributed by atoms with E-state index in [0.717, 1.165) is 57.7 Å². The van der Waals surface area contributed by atoms with Gasteiger partial charge in [0.2, 0.25) is 0 Å². The number of hydrogen-bond acceptors (Lipinski definition) is 4. The van der Waals surface area contributed by atoms with E-state index in [4.69, 9.17) is 9.47 Å². The van der Waals surface area contributed by atoms with Gasteiger partial charge in [-0.25, -0.2) is 8.42 Å². The lowest BCUT2D eigenvalue weighted by molar-refractivity contribution is 0.0564. The molecule has 196 valence electrons. The Labute approximate surface area is 222 Å². The number of sulfone groups is 1. The van der Waals surface area contributed by atoms with E-state index in [0.29, 0.717) is 17.9 Å². The Kier molecular flexibility index (Phi) is 7.84. The Morgan fingerprint density at radius 1 is 0.973 bits per heavy atom. The number of benzene rings is 3. The van der Waals surface area contributed by atoms with Gasteiger partial charge in [0.15, 0.2) is 9.84 Å². The van der Waals surface area contributed by atoms with Crippen LogP contribution in [0.15, 0.2) is 77.2 Å². The van der Waals surface area contributed by atoms with Crippen molar-refractivity contribution in [3.8, 4) is 11.5 Å². The lowest BCUT2D eigenvalue weighted by atomic mass is 9.84. The van der Waals surface area contributed by atoms with Crippen molar-refractivity contribution in [2.45, 2.75) is 83.2 Å². The van der Waals surface area contributed by atoms with Crippen LogP contribution in [0.25, 0.3) is 0 Å². The molecule has 0 aromatic heterocycles. The zero-order valence-corrected chi connectivity index (χ0v) is 23.6. The third kappa shape index (κ3) is 5.77. The first-order chi connectivity index (χ1) is 17.5. The second-order valence-corrected chi connectivity index (χ2v) is 12.8. The van der Waals surface area contributed by atoms with Gasteiger partial charge in [0.25, 0.3) is 0 Å². The van der Waals surface area contributed by atoms with Gasteiger partial charge in [-0.05, 0) is 88.8 Å². The van der Waals surface area contributed by atoms with Crippen LogP contribution in [0.5, 0.6) is 11.5 Å². The summed E-state index contributed by atoms with van der Waals surface area (Å²) >= 11 is 0. The minimum Gasteiger partial charge on any atom is -0.488 e. The average Bonchev–Trinajstić information content (AvgIpc) is 2.87. The molecule has 4 nitrogen and oxygen atoms in total. The summed E-state index contributed by atoms with van der Waals surface area (Å²) in [6.45, 7) is 12.7. The first-order valence-corrected chi connectivity index (χ1v) is 14.5. The zero-order chi connectivity index (χ0) is 26.8. The zero-order valence-electron chi connectivity index (χ0n) is 22.8. The van der Waals surface area contributed by atoms with Gasteiger partial charge in [-0.2, -0.15) is 0 Å². The van der Waals surface area contributed by atoms with Crippen molar-refractivity contribution in [1.29, 1.82) is 0 Å². The Balaban J connectivity index is 1.63. The number of ether oxygens (including phenoxy) is 2. The molecule has 0 radical (unpaired) electrons. The Bertz CT molecular complexity index is 1390. The first-order valence-electron chi connectivity index (χ1n) is 12.9. The molecule has 1 heterocycles. The van der Waals surface area contributed by atoms with Crippen molar-refractivity contribution in [3.05, 3.63) is 100 Å². The molecule has 0 saturated heterocycles. The maximum Gasteiger partial charge on any atom is 0.184 e. The molecule has 1 aliphatic rings. The number of fused-ring (bicyclic) bond motifs is 1. The summed E-state index contributed by atoms with van der Waals surface area (Å²) in [6.07, 6.45) is 3.81. The van der Waals surface area contributed by atoms with Gasteiger partial charge in [-0.1, -0.05) is 60.2 Å². The first kappa shape index (κ1) is 27.0. The van der Waals surface area contributed by atoms with Crippen LogP contribution in [0.3, 0.4) is 0 Å². The minimum atomic E-state index is -3.55. The van der Waals surface area contributed by atoms with Crippen molar-refractivity contribution in [3.63, 3.8) is 0 Å². The number of hydrogen-bond donors (Lipinski definition) is 0. The van der Waals surface area contributed by atoms with Crippen molar-refractivity contribution < 1.29 is 17.9 Å². The van der Waals surface area contributed by atoms with Gasteiger partial charge < -0.3 is 9.47 Å². The number of rotatable bonds is 8. The van der Waals surface area contributed by atoms with Gasteiger partial charge in [-0.15, -0.1) is 0 Å². The molecular weight excluding hydrogens is 480 g/mol. The van der Waals surface area contributed by atoms with E-state index in [1.807, 2.05) is 51.1 Å². The molecule has 0 bridgehead atoms. The topological polar surface area (TPSA) is 52.6 Å². The van der Waals surface area contributed by atoms with E-state index in [9.17, 15) is 8.42 Å². The third-order valence-corrected chi connectivity index (χ3v) is 9.44. The molecule has 0 fully saturated rings. The smallest absolute Gasteiger partial charge is 0.184 e. The summed E-state index contributed by atoms with van der Waals surface area (Å²) < 4.78 is 40.3. The highest BCUT2D eigenvalue weighted by atomic mass is 32.2. The van der Waals surface area contributed by atoms with Crippen LogP contribution in [0.4, 0.5) is 0 Å². The summed E-state index contributed by atoms with van der Waals surface area (Å²) in [6, 6.07) is 18.9. The third-order valence-electron chi connectivity index (χ3n) is 7.41. The molecule has 0 spiro atoms. The lowest BCUT2D eigenvalue weighted by Crippen LogP contribution is -2.41. The summed E-state index contributed by atoms with van der Waals surface area (Å²) in [5, 5.41) is -0.664. The van der Waals surface area contributed by atoms with E-state index in [-0.39, 0.29) is 0 Å². The summed E-state index contributed by atoms with van der Waals surface area (Å²) in [5.74, 6) is 1.80. The Hall–Kier alpha value is -3.05. The van der Waals surface area contributed by atoms with Gasteiger partial charge in [0.05, 0.1) is 10.1 Å². The molecule has 37 heavy (non-hydrogen) atoms. The molecule has 0 amide bonds. The predicted molar refractivity (Wildman–Crippen MR) is 150 cm³/mol. The maximum absolute atomic E-state index is 13.6. The van der Waals surface area contributed by atoms with E-state index in [2.05, 4.69) is 32.9 Å². The Morgan fingerprint density at radius 3 is 2.22 bits per heavy atom. The molecule has 0 saturated carbocycles. The van der Waals surface area contributed by atoms with E-state index in [1.54, 1.807) is 24.3 Å². The van der Waals surface area contributed by atoms with Crippen LogP contribution in [0, 0.1) is 20.8 Å². The van der Waals surface area contributed by atoms with Crippen molar-refractivity contribution in [1.82, 2.24) is 0 Å². The highest BCUT2D eigenvalue weighted by Crippen LogP contribution is 2.45. The molecule has 3 aromatic carbocycles. The van der Waals surface area contributed by atoms with E-state index < -0.39 is 20.7 Å². The van der Waals surface area contributed by atoms with Crippen molar-refractivity contribution in [2.24, 2.45) is 0 Å². The SMILES string of the molecule is CC(C)=CC(C[C@]1(C)CCc2c(C)c(OCc3ccccc3)c(C)c(C)c2O1)S(=O)(=O)c1ccccc1. The van der Waals surface area contributed by atoms with Gasteiger partial charge in [0, 0.05) is 12.0 Å². The van der Waals surface area contributed by atoms with Crippen molar-refractivity contribution in [2.75, 3.05) is 0 Å². The van der Waals surface area contributed by atoms with E-state index in [1.165, 1.54) is 0 Å². The fourth-order valence-corrected chi connectivity index (χ4v) is 7.12. The summed E-state index contributed by atoms with van der Waals surface area (Å²) in [7, 11) is -3.55. The highest BCUT2D eigenvalue weighted by Gasteiger charge is 2.40. The van der Waals surface area contributed by atoms with E-state index >= 15 is 0 Å². The lowest BCUT2D eigenvalue weighted by Gasteiger charge is -2.39. The van der Waals surface area contributed by atoms with Crippen molar-refractivity contribution >= 4 is 9.84 Å². The molecule has 0 aliphatic carbocycles. The predicted octanol–water partition coefficient (Wildman–Crippen LogP) is 7.47. The second kappa shape index (κ2) is 10.7. The molecule has 5 heteroatoms. The summed E-state index contributed by atoms with van der Waals surface area (Å²) in [5.41, 5.74) is 5.88. The summed E-state index contributed by atoms with van der Waals surface area (Å²) in [4.78, 5) is 0.348. The normalized spacial score (nSPS) is 17.9. The van der Waals surface area contributed by atoms with Gasteiger partial charge >= 0.3 is 0 Å². The molecule has 3 aromatic rings.